The average molecular weight is 455 g/mol. The molecule has 0 unspecified atom stereocenters. The van der Waals surface area contributed by atoms with Crippen molar-refractivity contribution in [2.75, 3.05) is 44.8 Å². The molecular weight excluding hydrogens is 424 g/mol. The van der Waals surface area contributed by atoms with E-state index in [1.807, 2.05) is 18.3 Å². The van der Waals surface area contributed by atoms with Gasteiger partial charge in [0.25, 0.3) is 0 Å². The second-order valence-corrected chi connectivity index (χ2v) is 7.75. The Morgan fingerprint density at radius 2 is 1.94 bits per heavy atom. The molecule has 0 saturated carbocycles. The normalized spacial score (nSPS) is 14.2. The number of carbonyl (C=O) groups excluding carboxylic acids is 2. The van der Waals surface area contributed by atoms with Crippen molar-refractivity contribution in [3.05, 3.63) is 53.9 Å². The first-order chi connectivity index (χ1) is 15.9. The van der Waals surface area contributed by atoms with Gasteiger partial charge >= 0.3 is 12.0 Å². The Labute approximate surface area is 192 Å². The molecule has 0 spiro atoms. The maximum atomic E-state index is 12.0. The second-order valence-electron chi connectivity index (χ2n) is 7.75. The molecule has 1 fully saturated rings. The number of hydrogen-bond acceptors (Lipinski definition) is 5. The van der Waals surface area contributed by atoms with Gasteiger partial charge in [0, 0.05) is 30.5 Å². The van der Waals surface area contributed by atoms with E-state index in [1.54, 1.807) is 38.1 Å². The monoisotopic (exact) mass is 454 g/mol. The van der Waals surface area contributed by atoms with Gasteiger partial charge in [0.15, 0.2) is 11.7 Å². The van der Waals surface area contributed by atoms with E-state index in [1.165, 1.54) is 0 Å². The van der Waals surface area contributed by atoms with Crippen LogP contribution < -0.4 is 10.6 Å². The van der Waals surface area contributed by atoms with Crippen molar-refractivity contribution >= 4 is 29.4 Å². The van der Waals surface area contributed by atoms with Crippen LogP contribution in [-0.2, 0) is 14.3 Å². The molecule has 33 heavy (non-hydrogen) atoms. The number of anilines is 1. The van der Waals surface area contributed by atoms with Gasteiger partial charge in [-0.1, -0.05) is 13.8 Å². The number of rotatable bonds is 7. The molecule has 2 heterocycles. The zero-order valence-corrected chi connectivity index (χ0v) is 18.9. The minimum Gasteiger partial charge on any atom is -0.464 e. The largest absolute Gasteiger partial charge is 0.464 e. The summed E-state index contributed by atoms with van der Waals surface area (Å²) in [6, 6.07) is 10.3. The summed E-state index contributed by atoms with van der Waals surface area (Å²) in [7, 11) is 0. The van der Waals surface area contributed by atoms with Crippen molar-refractivity contribution in [2.45, 2.75) is 13.8 Å². The van der Waals surface area contributed by atoms with Crippen LogP contribution in [0, 0.1) is 11.3 Å². The lowest BCUT2D eigenvalue weighted by Crippen LogP contribution is -2.41. The third kappa shape index (κ3) is 7.18. The number of amidine groups is 2. The molecule has 3 rings (SSSR count). The zero-order valence-electron chi connectivity index (χ0n) is 18.9. The average Bonchev–Trinajstić information content (AvgIpc) is 3.35. The number of benzene rings is 1. The fourth-order valence-corrected chi connectivity index (χ4v) is 3.09. The number of urea groups is 1. The molecule has 10 heteroatoms. The number of aromatic nitrogens is 1. The second kappa shape index (κ2) is 11.8. The third-order valence-electron chi connectivity index (χ3n) is 4.89. The Hall–Kier alpha value is -3.66. The number of aromatic amines is 1. The first-order valence-corrected chi connectivity index (χ1v) is 10.9. The van der Waals surface area contributed by atoms with E-state index in [-0.39, 0.29) is 30.9 Å². The van der Waals surface area contributed by atoms with Gasteiger partial charge < -0.3 is 30.0 Å². The van der Waals surface area contributed by atoms with Crippen LogP contribution in [0.5, 0.6) is 0 Å². The smallest absolute Gasteiger partial charge is 0.319 e. The number of amides is 2. The van der Waals surface area contributed by atoms with E-state index in [9.17, 15) is 9.59 Å². The van der Waals surface area contributed by atoms with Crippen LogP contribution in [0.2, 0.25) is 0 Å². The summed E-state index contributed by atoms with van der Waals surface area (Å²) in [4.78, 5) is 33.3. The number of carbonyl (C=O) groups is 2. The number of ether oxygens (including phenoxy) is 2. The minimum absolute atomic E-state index is 0.116. The van der Waals surface area contributed by atoms with Crippen molar-refractivity contribution in [1.29, 1.82) is 5.41 Å². The highest BCUT2D eigenvalue weighted by Crippen LogP contribution is 2.13. The lowest BCUT2D eigenvalue weighted by atomic mass is 10.2. The van der Waals surface area contributed by atoms with Gasteiger partial charge in [-0.2, -0.15) is 0 Å². The quantitative estimate of drug-likeness (QED) is 0.221. The molecule has 0 radical (unpaired) electrons. The molecule has 176 valence electrons. The summed E-state index contributed by atoms with van der Waals surface area (Å²) < 4.78 is 10.4. The molecule has 0 atom stereocenters. The molecule has 0 bridgehead atoms. The Morgan fingerprint density at radius 1 is 1.21 bits per heavy atom. The molecule has 10 nitrogen and oxygen atoms in total. The fraction of sp³-hybridized carbons (Fsp3) is 0.391. The highest BCUT2D eigenvalue weighted by Gasteiger charge is 2.18. The van der Waals surface area contributed by atoms with E-state index in [0.29, 0.717) is 43.4 Å². The van der Waals surface area contributed by atoms with Gasteiger partial charge in [-0.3, -0.25) is 10.2 Å². The number of aliphatic imine (C=N–C) groups is 1. The molecule has 1 aromatic carbocycles. The first-order valence-electron chi connectivity index (χ1n) is 10.9. The predicted octanol–water partition coefficient (Wildman–Crippen LogP) is 2.44. The van der Waals surface area contributed by atoms with Gasteiger partial charge in [-0.15, -0.1) is 0 Å². The van der Waals surface area contributed by atoms with Gasteiger partial charge in [-0.25, -0.2) is 9.79 Å². The van der Waals surface area contributed by atoms with Crippen LogP contribution in [-0.4, -0.2) is 73.0 Å². The maximum Gasteiger partial charge on any atom is 0.319 e. The Morgan fingerprint density at radius 3 is 2.58 bits per heavy atom. The molecule has 1 aromatic heterocycles. The molecule has 0 aliphatic carbocycles. The van der Waals surface area contributed by atoms with E-state index in [0.717, 1.165) is 5.69 Å². The summed E-state index contributed by atoms with van der Waals surface area (Å²) >= 11 is 0. The van der Waals surface area contributed by atoms with E-state index in [4.69, 9.17) is 14.9 Å². The number of H-pyrrole nitrogens is 1. The van der Waals surface area contributed by atoms with Crippen LogP contribution in [0.1, 0.15) is 25.1 Å². The Kier molecular flexibility index (Phi) is 8.59. The molecule has 1 aliphatic heterocycles. The van der Waals surface area contributed by atoms with Crippen molar-refractivity contribution < 1.29 is 19.1 Å². The van der Waals surface area contributed by atoms with Crippen LogP contribution in [0.15, 0.2) is 47.6 Å². The number of hydrogen-bond donors (Lipinski definition) is 4. The van der Waals surface area contributed by atoms with Crippen LogP contribution >= 0.6 is 0 Å². The fourth-order valence-electron chi connectivity index (χ4n) is 3.09. The van der Waals surface area contributed by atoms with E-state index >= 15 is 0 Å². The predicted molar refractivity (Wildman–Crippen MR) is 126 cm³/mol. The van der Waals surface area contributed by atoms with Gasteiger partial charge in [0.2, 0.25) is 0 Å². The standard InChI is InChI=1S/C23H30N6O4/c1-16(2)22(30)33-13-10-26-23(31)27-18-7-5-17(6-8-18)20(24)28-21(19-4-3-9-25-19)29-11-14-32-15-12-29/h3-9,16,24-25H,10-15H2,1-2H3,(H2,26,27,31)/b24-20?,28-21+. The summed E-state index contributed by atoms with van der Waals surface area (Å²) in [6.07, 6.45) is 1.83. The summed E-state index contributed by atoms with van der Waals surface area (Å²) in [5, 5.41) is 13.8. The lowest BCUT2D eigenvalue weighted by Gasteiger charge is -2.29. The third-order valence-corrected chi connectivity index (χ3v) is 4.89. The van der Waals surface area contributed by atoms with Crippen molar-refractivity contribution in [2.24, 2.45) is 10.9 Å². The number of morpholine rings is 1. The maximum absolute atomic E-state index is 12.0. The zero-order chi connectivity index (χ0) is 23.6. The Balaban J connectivity index is 1.56. The number of nitrogens with one attached hydrogen (secondary N) is 4. The molecule has 1 saturated heterocycles. The van der Waals surface area contributed by atoms with Crippen molar-refractivity contribution in [1.82, 2.24) is 15.2 Å². The summed E-state index contributed by atoms with van der Waals surface area (Å²) in [5.74, 6) is 0.321. The topological polar surface area (TPSA) is 132 Å². The molecule has 2 aromatic rings. The van der Waals surface area contributed by atoms with Crippen LogP contribution in [0.3, 0.4) is 0 Å². The molecule has 2 amide bonds. The van der Waals surface area contributed by atoms with Crippen molar-refractivity contribution in [3.63, 3.8) is 0 Å². The SMILES string of the molecule is CC(C)C(=O)OCCNC(=O)Nc1ccc(C(=N)/N=C(\c2ccc[nH]2)N2CCOCC2)cc1. The highest BCUT2D eigenvalue weighted by molar-refractivity contribution is 6.09. The van der Waals surface area contributed by atoms with Gasteiger partial charge in [0.05, 0.1) is 31.4 Å². The van der Waals surface area contributed by atoms with E-state index < -0.39 is 6.03 Å². The van der Waals surface area contributed by atoms with Gasteiger partial charge in [0.1, 0.15) is 6.61 Å². The Bertz CT molecular complexity index is 963. The summed E-state index contributed by atoms with van der Waals surface area (Å²) in [5.41, 5.74) is 2.04. The van der Waals surface area contributed by atoms with Crippen molar-refractivity contribution in [3.8, 4) is 0 Å². The van der Waals surface area contributed by atoms with Gasteiger partial charge in [-0.05, 0) is 36.4 Å². The lowest BCUT2D eigenvalue weighted by molar-refractivity contribution is -0.147. The van der Waals surface area contributed by atoms with Crippen LogP contribution in [0.4, 0.5) is 10.5 Å². The van der Waals surface area contributed by atoms with Crippen LogP contribution in [0.25, 0.3) is 0 Å². The first kappa shape index (κ1) is 24.0. The molecule has 1 aliphatic rings. The number of nitrogens with zero attached hydrogens (tertiary/aromatic N) is 2. The highest BCUT2D eigenvalue weighted by atomic mass is 16.5. The summed E-state index contributed by atoms with van der Waals surface area (Å²) in [6.45, 7) is 6.49. The minimum atomic E-state index is -0.405. The molecular formula is C23H30N6O4. The number of esters is 1. The molecule has 4 N–H and O–H groups in total. The van der Waals surface area contributed by atoms with E-state index in [2.05, 4.69) is 25.5 Å².